The molecule has 0 radical (unpaired) electrons. The second-order valence-electron chi connectivity index (χ2n) is 9.54. The van der Waals surface area contributed by atoms with Crippen LogP contribution < -0.4 is 16.0 Å². The fraction of sp³-hybridized carbons (Fsp3) is 0.259. The topological polar surface area (TPSA) is 117 Å². The maximum atomic E-state index is 13.1. The minimum atomic E-state index is -0.672. The summed E-state index contributed by atoms with van der Waals surface area (Å²) in [4.78, 5) is 51.6. The van der Waals surface area contributed by atoms with Gasteiger partial charge in [0.2, 0.25) is 11.8 Å². The Bertz CT molecular complexity index is 1310. The number of piperazine rings is 1. The smallest absolute Gasteiger partial charge is 0.412 e. The fourth-order valence-corrected chi connectivity index (χ4v) is 4.41. The number of nitrogens with one attached hydrogen (secondary N) is 3. The summed E-state index contributed by atoms with van der Waals surface area (Å²) in [5.74, 6) is -0.719. The molecule has 1 saturated heterocycles. The van der Waals surface area contributed by atoms with Gasteiger partial charge in [-0.3, -0.25) is 19.7 Å². The molecule has 1 fully saturated rings. The van der Waals surface area contributed by atoms with Crippen molar-refractivity contribution in [2.75, 3.05) is 23.7 Å². The van der Waals surface area contributed by atoms with Gasteiger partial charge >= 0.3 is 6.09 Å². The molecule has 2 heterocycles. The van der Waals surface area contributed by atoms with E-state index in [1.165, 1.54) is 4.90 Å². The third-order valence-corrected chi connectivity index (χ3v) is 6.34. The van der Waals surface area contributed by atoms with Gasteiger partial charge in [0.05, 0.1) is 24.5 Å². The highest BCUT2D eigenvalue weighted by Gasteiger charge is 2.23. The van der Waals surface area contributed by atoms with E-state index in [2.05, 4.69) is 16.0 Å². The molecule has 0 bridgehead atoms. The number of carbonyl (C=O) groups is 4. The molecule has 10 heteroatoms. The normalized spacial score (nSPS) is 13.6. The van der Waals surface area contributed by atoms with Crippen LogP contribution in [0.3, 0.4) is 0 Å². The van der Waals surface area contributed by atoms with Crippen LogP contribution >= 0.6 is 11.3 Å². The van der Waals surface area contributed by atoms with Crippen molar-refractivity contribution in [2.45, 2.75) is 32.9 Å². The molecule has 37 heavy (non-hydrogen) atoms. The number of amides is 4. The van der Waals surface area contributed by atoms with Crippen molar-refractivity contribution in [2.24, 2.45) is 0 Å². The standard InChI is InChI=1S/C27H28N4O5S/c1-27(2,3)36-26(35)30-20-11-10-19(22-5-4-12-37-22)13-21(20)29-25(34)18-8-6-17(7-9-18)15-31-16-23(32)28-14-24(31)33/h4-13H,14-16H2,1-3H3,(H,28,32)(H,29,34)(H,30,35). The lowest BCUT2D eigenvalue weighted by molar-refractivity contribution is -0.141. The van der Waals surface area contributed by atoms with Gasteiger partial charge in [-0.15, -0.1) is 11.3 Å². The van der Waals surface area contributed by atoms with E-state index in [4.69, 9.17) is 4.74 Å². The Kier molecular flexibility index (Phi) is 7.58. The first-order valence-corrected chi connectivity index (χ1v) is 12.6. The molecule has 3 N–H and O–H groups in total. The van der Waals surface area contributed by atoms with Crippen molar-refractivity contribution < 1.29 is 23.9 Å². The van der Waals surface area contributed by atoms with E-state index in [-0.39, 0.29) is 37.4 Å². The molecule has 4 rings (SSSR count). The number of anilines is 2. The number of ether oxygens (including phenoxy) is 1. The molecular formula is C27H28N4O5S. The van der Waals surface area contributed by atoms with Gasteiger partial charge in [-0.1, -0.05) is 24.3 Å². The van der Waals surface area contributed by atoms with Gasteiger partial charge in [0.1, 0.15) is 5.60 Å². The average Bonchev–Trinajstić information content (AvgIpc) is 3.37. The Balaban J connectivity index is 1.51. The SMILES string of the molecule is CC(C)(C)OC(=O)Nc1ccc(-c2cccs2)cc1NC(=O)c1ccc(CN2CC(=O)NCC2=O)cc1. The van der Waals surface area contributed by atoms with Crippen LogP contribution in [0, 0.1) is 0 Å². The third kappa shape index (κ3) is 6.95. The van der Waals surface area contributed by atoms with Crippen molar-refractivity contribution in [1.29, 1.82) is 0 Å². The molecule has 2 aromatic carbocycles. The zero-order valence-electron chi connectivity index (χ0n) is 20.8. The molecular weight excluding hydrogens is 492 g/mol. The van der Waals surface area contributed by atoms with E-state index < -0.39 is 11.7 Å². The van der Waals surface area contributed by atoms with Crippen molar-refractivity contribution in [3.05, 3.63) is 71.1 Å². The molecule has 1 aromatic heterocycles. The van der Waals surface area contributed by atoms with E-state index in [1.807, 2.05) is 23.6 Å². The van der Waals surface area contributed by atoms with Crippen LogP contribution in [0.2, 0.25) is 0 Å². The number of rotatable bonds is 6. The van der Waals surface area contributed by atoms with Crippen molar-refractivity contribution in [3.63, 3.8) is 0 Å². The van der Waals surface area contributed by atoms with Crippen molar-refractivity contribution in [1.82, 2.24) is 10.2 Å². The molecule has 0 unspecified atom stereocenters. The summed E-state index contributed by atoms with van der Waals surface area (Å²) in [6, 6.07) is 16.1. The predicted molar refractivity (Wildman–Crippen MR) is 142 cm³/mol. The molecule has 0 aliphatic carbocycles. The second-order valence-corrected chi connectivity index (χ2v) is 10.5. The van der Waals surface area contributed by atoms with Gasteiger partial charge in [0.15, 0.2) is 0 Å². The monoisotopic (exact) mass is 520 g/mol. The van der Waals surface area contributed by atoms with E-state index in [0.29, 0.717) is 16.9 Å². The van der Waals surface area contributed by atoms with Crippen molar-refractivity contribution in [3.8, 4) is 10.4 Å². The summed E-state index contributed by atoms with van der Waals surface area (Å²) < 4.78 is 5.36. The maximum Gasteiger partial charge on any atom is 0.412 e. The number of thiophene rings is 1. The van der Waals surface area contributed by atoms with Crippen LogP contribution in [0.5, 0.6) is 0 Å². The fourth-order valence-electron chi connectivity index (χ4n) is 3.69. The number of nitrogens with zero attached hydrogens (tertiary/aromatic N) is 1. The quantitative estimate of drug-likeness (QED) is 0.443. The van der Waals surface area contributed by atoms with E-state index >= 15 is 0 Å². The molecule has 0 saturated carbocycles. The molecule has 9 nitrogen and oxygen atoms in total. The van der Waals surface area contributed by atoms with Crippen LogP contribution in [0.15, 0.2) is 60.0 Å². The number of hydrogen-bond donors (Lipinski definition) is 3. The molecule has 3 aromatic rings. The minimum Gasteiger partial charge on any atom is -0.444 e. The summed E-state index contributed by atoms with van der Waals surface area (Å²) in [5, 5.41) is 10.1. The Morgan fingerprint density at radius 3 is 2.46 bits per heavy atom. The number of carbonyl (C=O) groups excluding carboxylic acids is 4. The minimum absolute atomic E-state index is 0.00900. The number of hydrogen-bond acceptors (Lipinski definition) is 6. The predicted octanol–water partition coefficient (Wildman–Crippen LogP) is 4.47. The Hall–Kier alpha value is -4.18. The first-order chi connectivity index (χ1) is 17.6. The zero-order chi connectivity index (χ0) is 26.6. The highest BCUT2D eigenvalue weighted by molar-refractivity contribution is 7.13. The highest BCUT2D eigenvalue weighted by atomic mass is 32.1. The van der Waals surface area contributed by atoms with Crippen LogP contribution in [0.4, 0.5) is 16.2 Å². The van der Waals surface area contributed by atoms with Gasteiger partial charge < -0.3 is 20.3 Å². The zero-order valence-corrected chi connectivity index (χ0v) is 21.6. The van der Waals surface area contributed by atoms with E-state index in [1.54, 1.807) is 68.5 Å². The molecule has 192 valence electrons. The largest absolute Gasteiger partial charge is 0.444 e. The summed E-state index contributed by atoms with van der Waals surface area (Å²) >= 11 is 1.57. The number of benzene rings is 2. The van der Waals surface area contributed by atoms with E-state index in [9.17, 15) is 19.2 Å². The molecule has 1 aliphatic rings. The first-order valence-electron chi connectivity index (χ1n) is 11.7. The summed E-state index contributed by atoms with van der Waals surface area (Å²) in [6.45, 7) is 5.60. The Morgan fingerprint density at radius 1 is 1.03 bits per heavy atom. The van der Waals surface area contributed by atoms with Crippen molar-refractivity contribution >= 4 is 46.5 Å². The van der Waals surface area contributed by atoms with Gasteiger partial charge in [-0.25, -0.2) is 4.79 Å². The molecule has 0 spiro atoms. The summed E-state index contributed by atoms with van der Waals surface area (Å²) in [6.07, 6.45) is -0.628. The Morgan fingerprint density at radius 2 is 1.78 bits per heavy atom. The third-order valence-electron chi connectivity index (χ3n) is 5.42. The molecule has 1 aliphatic heterocycles. The second kappa shape index (κ2) is 10.8. The lowest BCUT2D eigenvalue weighted by Gasteiger charge is -2.26. The van der Waals surface area contributed by atoms with E-state index in [0.717, 1.165) is 16.0 Å². The van der Waals surface area contributed by atoms with Crippen LogP contribution in [-0.4, -0.2) is 47.4 Å². The van der Waals surface area contributed by atoms with Gasteiger partial charge in [-0.05, 0) is 67.6 Å². The van der Waals surface area contributed by atoms with Gasteiger partial charge in [-0.2, -0.15) is 0 Å². The molecule has 4 amide bonds. The summed E-state index contributed by atoms with van der Waals surface area (Å²) in [5.41, 5.74) is 2.25. The first kappa shape index (κ1) is 25.9. The average molecular weight is 521 g/mol. The summed E-state index contributed by atoms with van der Waals surface area (Å²) in [7, 11) is 0. The van der Waals surface area contributed by atoms with Gasteiger partial charge in [0.25, 0.3) is 5.91 Å². The lowest BCUT2D eigenvalue weighted by Crippen LogP contribution is -2.50. The lowest BCUT2D eigenvalue weighted by atomic mass is 10.1. The van der Waals surface area contributed by atoms with Crippen LogP contribution in [0.25, 0.3) is 10.4 Å². The van der Waals surface area contributed by atoms with Crippen LogP contribution in [0.1, 0.15) is 36.7 Å². The van der Waals surface area contributed by atoms with Crippen LogP contribution in [-0.2, 0) is 20.9 Å². The van der Waals surface area contributed by atoms with Gasteiger partial charge in [0, 0.05) is 17.0 Å². The molecule has 0 atom stereocenters. The highest BCUT2D eigenvalue weighted by Crippen LogP contribution is 2.32. The Labute approximate surface area is 218 Å². The maximum absolute atomic E-state index is 13.1.